The van der Waals surface area contributed by atoms with Crippen molar-refractivity contribution in [2.75, 3.05) is 24.5 Å². The standard InChI is InChI=1S/C18H22N6OS/c1-12(2)15-10-20-17(26-15)8-18(25)23-6-7-24(13(3)11-23)16-5-4-14(9-19)21-22-16/h4-5,10,12-13H,6-8,11H2,1-3H3/t13-/m1/s1. The highest BCUT2D eigenvalue weighted by molar-refractivity contribution is 7.11. The van der Waals surface area contributed by atoms with Gasteiger partial charge >= 0.3 is 0 Å². The Morgan fingerprint density at radius 2 is 2.19 bits per heavy atom. The van der Waals surface area contributed by atoms with Crippen LogP contribution in [0.3, 0.4) is 0 Å². The molecule has 1 aliphatic heterocycles. The van der Waals surface area contributed by atoms with Gasteiger partial charge in [0, 0.05) is 36.8 Å². The van der Waals surface area contributed by atoms with Gasteiger partial charge in [-0.1, -0.05) is 13.8 Å². The van der Waals surface area contributed by atoms with E-state index < -0.39 is 0 Å². The minimum absolute atomic E-state index is 0.118. The van der Waals surface area contributed by atoms with E-state index in [-0.39, 0.29) is 11.9 Å². The van der Waals surface area contributed by atoms with Gasteiger partial charge in [0.15, 0.2) is 11.5 Å². The molecule has 0 saturated carbocycles. The van der Waals surface area contributed by atoms with Crippen LogP contribution in [0.15, 0.2) is 18.3 Å². The maximum absolute atomic E-state index is 12.6. The van der Waals surface area contributed by atoms with Crippen LogP contribution in [0.25, 0.3) is 0 Å². The molecule has 8 heteroatoms. The first-order valence-corrected chi connectivity index (χ1v) is 9.52. The van der Waals surface area contributed by atoms with Gasteiger partial charge in [-0.2, -0.15) is 5.26 Å². The zero-order valence-corrected chi connectivity index (χ0v) is 16.0. The average molecular weight is 370 g/mol. The van der Waals surface area contributed by atoms with E-state index in [1.165, 1.54) is 4.88 Å². The fraction of sp³-hybridized carbons (Fsp3) is 0.500. The molecule has 0 spiro atoms. The second-order valence-electron chi connectivity index (χ2n) is 6.76. The van der Waals surface area contributed by atoms with Crippen LogP contribution in [0.2, 0.25) is 0 Å². The summed E-state index contributed by atoms with van der Waals surface area (Å²) in [5, 5.41) is 17.7. The fourth-order valence-electron chi connectivity index (χ4n) is 2.98. The third-order valence-electron chi connectivity index (χ3n) is 4.48. The number of carbonyl (C=O) groups excluding carboxylic acids is 1. The number of rotatable bonds is 4. The second kappa shape index (κ2) is 7.79. The lowest BCUT2D eigenvalue weighted by molar-refractivity contribution is -0.131. The summed E-state index contributed by atoms with van der Waals surface area (Å²) >= 11 is 1.62. The van der Waals surface area contributed by atoms with Gasteiger partial charge in [0.25, 0.3) is 0 Å². The van der Waals surface area contributed by atoms with E-state index in [9.17, 15) is 4.79 Å². The number of thiazole rings is 1. The number of anilines is 1. The maximum Gasteiger partial charge on any atom is 0.229 e. The number of aromatic nitrogens is 3. The van der Waals surface area contributed by atoms with Crippen LogP contribution < -0.4 is 4.90 Å². The molecule has 0 bridgehead atoms. The van der Waals surface area contributed by atoms with Crippen LogP contribution in [-0.4, -0.2) is 51.7 Å². The van der Waals surface area contributed by atoms with Crippen LogP contribution in [0.1, 0.15) is 42.3 Å². The Balaban J connectivity index is 1.60. The number of hydrogen-bond donors (Lipinski definition) is 0. The number of nitriles is 1. The number of nitrogens with zero attached hydrogens (tertiary/aromatic N) is 6. The van der Waals surface area contributed by atoms with Gasteiger partial charge in [-0.25, -0.2) is 4.98 Å². The summed E-state index contributed by atoms with van der Waals surface area (Å²) in [6.07, 6.45) is 2.24. The molecule has 1 aliphatic rings. The molecular formula is C18H22N6OS. The molecule has 1 fully saturated rings. The van der Waals surface area contributed by atoms with Crippen molar-refractivity contribution in [3.63, 3.8) is 0 Å². The van der Waals surface area contributed by atoms with Crippen molar-refractivity contribution in [3.8, 4) is 6.07 Å². The quantitative estimate of drug-likeness (QED) is 0.820. The van der Waals surface area contributed by atoms with E-state index in [1.54, 1.807) is 17.4 Å². The Hall–Kier alpha value is -2.53. The van der Waals surface area contributed by atoms with E-state index >= 15 is 0 Å². The highest BCUT2D eigenvalue weighted by Crippen LogP contribution is 2.23. The zero-order valence-electron chi connectivity index (χ0n) is 15.2. The summed E-state index contributed by atoms with van der Waals surface area (Å²) in [5.74, 6) is 1.30. The molecule has 0 unspecified atom stereocenters. The lowest BCUT2D eigenvalue weighted by Gasteiger charge is -2.40. The smallest absolute Gasteiger partial charge is 0.229 e. The van der Waals surface area contributed by atoms with E-state index in [2.05, 4.69) is 40.9 Å². The zero-order chi connectivity index (χ0) is 18.7. The highest BCUT2D eigenvalue weighted by atomic mass is 32.1. The summed E-state index contributed by atoms with van der Waals surface area (Å²) in [7, 11) is 0. The number of carbonyl (C=O) groups is 1. The van der Waals surface area contributed by atoms with Crippen LogP contribution in [0, 0.1) is 11.3 Å². The van der Waals surface area contributed by atoms with Crippen molar-refractivity contribution in [2.24, 2.45) is 0 Å². The van der Waals surface area contributed by atoms with Crippen molar-refractivity contribution in [2.45, 2.75) is 39.2 Å². The first-order valence-electron chi connectivity index (χ1n) is 8.70. The summed E-state index contributed by atoms with van der Waals surface area (Å²) in [5.41, 5.74) is 0.305. The Kier molecular flexibility index (Phi) is 5.47. The minimum Gasteiger partial charge on any atom is -0.349 e. The Labute approximate surface area is 157 Å². The minimum atomic E-state index is 0.118. The number of piperazine rings is 1. The van der Waals surface area contributed by atoms with E-state index in [0.717, 1.165) is 10.8 Å². The molecule has 1 saturated heterocycles. The molecule has 7 nitrogen and oxygen atoms in total. The van der Waals surface area contributed by atoms with Gasteiger partial charge in [0.05, 0.1) is 6.42 Å². The summed E-state index contributed by atoms with van der Waals surface area (Å²) in [4.78, 5) is 22.2. The predicted octanol–water partition coefficient (Wildman–Crippen LogP) is 2.21. The molecule has 136 valence electrons. The highest BCUT2D eigenvalue weighted by Gasteiger charge is 2.28. The third-order valence-corrected chi connectivity index (χ3v) is 5.78. The van der Waals surface area contributed by atoms with Crippen molar-refractivity contribution >= 4 is 23.1 Å². The van der Waals surface area contributed by atoms with Crippen LogP contribution in [0.5, 0.6) is 0 Å². The lowest BCUT2D eigenvalue weighted by atomic mass is 10.1. The molecule has 2 aromatic rings. The number of amides is 1. The summed E-state index contributed by atoms with van der Waals surface area (Å²) in [6, 6.07) is 5.58. The molecule has 26 heavy (non-hydrogen) atoms. The van der Waals surface area contributed by atoms with Crippen LogP contribution in [0.4, 0.5) is 5.82 Å². The molecule has 3 heterocycles. The third kappa shape index (κ3) is 3.99. The van der Waals surface area contributed by atoms with Gasteiger partial charge in [0.2, 0.25) is 5.91 Å². The first kappa shape index (κ1) is 18.3. The van der Waals surface area contributed by atoms with Crippen LogP contribution in [-0.2, 0) is 11.2 Å². The summed E-state index contributed by atoms with van der Waals surface area (Å²) < 4.78 is 0. The lowest BCUT2D eigenvalue weighted by Crippen LogP contribution is -2.54. The largest absolute Gasteiger partial charge is 0.349 e. The summed E-state index contributed by atoms with van der Waals surface area (Å²) in [6.45, 7) is 8.32. The molecule has 0 aromatic carbocycles. The molecule has 1 atom stereocenters. The Morgan fingerprint density at radius 1 is 1.38 bits per heavy atom. The van der Waals surface area contributed by atoms with Crippen molar-refractivity contribution in [1.82, 2.24) is 20.1 Å². The molecule has 0 N–H and O–H groups in total. The second-order valence-corrected chi connectivity index (χ2v) is 7.91. The normalized spacial score (nSPS) is 17.4. The average Bonchev–Trinajstić information content (AvgIpc) is 3.10. The van der Waals surface area contributed by atoms with Crippen molar-refractivity contribution < 1.29 is 4.79 Å². The molecule has 2 aromatic heterocycles. The van der Waals surface area contributed by atoms with E-state index in [0.29, 0.717) is 37.7 Å². The Morgan fingerprint density at radius 3 is 2.77 bits per heavy atom. The van der Waals surface area contributed by atoms with Gasteiger partial charge in [0.1, 0.15) is 11.1 Å². The van der Waals surface area contributed by atoms with Gasteiger partial charge < -0.3 is 9.80 Å². The topological polar surface area (TPSA) is 86.0 Å². The van der Waals surface area contributed by atoms with Gasteiger partial charge in [-0.05, 0) is 25.0 Å². The Bertz CT molecular complexity index is 810. The maximum atomic E-state index is 12.6. The molecule has 1 amide bonds. The van der Waals surface area contributed by atoms with Crippen LogP contribution >= 0.6 is 11.3 Å². The van der Waals surface area contributed by atoms with E-state index in [1.807, 2.05) is 23.2 Å². The molecule has 3 rings (SSSR count). The fourth-order valence-corrected chi connectivity index (χ4v) is 3.89. The monoisotopic (exact) mass is 370 g/mol. The van der Waals surface area contributed by atoms with Gasteiger partial charge in [-0.3, -0.25) is 4.79 Å². The van der Waals surface area contributed by atoms with E-state index in [4.69, 9.17) is 5.26 Å². The molecule has 0 aliphatic carbocycles. The molecular weight excluding hydrogens is 348 g/mol. The number of hydrogen-bond acceptors (Lipinski definition) is 7. The van der Waals surface area contributed by atoms with Crippen molar-refractivity contribution in [1.29, 1.82) is 5.26 Å². The molecule has 0 radical (unpaired) electrons. The SMILES string of the molecule is CC(C)c1cnc(CC(=O)N2CCN(c3ccc(C#N)nn3)[C@H](C)C2)s1. The predicted molar refractivity (Wildman–Crippen MR) is 100 cm³/mol. The van der Waals surface area contributed by atoms with Crippen molar-refractivity contribution in [3.05, 3.63) is 33.9 Å². The first-order chi connectivity index (χ1) is 12.5. The van der Waals surface area contributed by atoms with Gasteiger partial charge in [-0.15, -0.1) is 21.5 Å².